The van der Waals surface area contributed by atoms with Crippen LogP contribution in [0.15, 0.2) is 12.1 Å². The van der Waals surface area contributed by atoms with Gasteiger partial charge in [-0.25, -0.2) is 0 Å². The van der Waals surface area contributed by atoms with Crippen molar-refractivity contribution in [1.82, 2.24) is 0 Å². The topological polar surface area (TPSA) is 18.5 Å². The van der Waals surface area contributed by atoms with Crippen LogP contribution >= 0.6 is 0 Å². The van der Waals surface area contributed by atoms with Crippen LogP contribution in [0.2, 0.25) is 0 Å². The van der Waals surface area contributed by atoms with E-state index in [0.29, 0.717) is 5.92 Å². The van der Waals surface area contributed by atoms with Gasteiger partial charge in [0.25, 0.3) is 0 Å². The van der Waals surface area contributed by atoms with E-state index in [9.17, 15) is 0 Å². The first-order valence-corrected chi connectivity index (χ1v) is 4.98. The normalized spacial score (nSPS) is 15.4. The second kappa shape index (κ2) is 3.52. The first-order chi connectivity index (χ1) is 6.76. The van der Waals surface area contributed by atoms with Crippen LogP contribution in [0.3, 0.4) is 0 Å². The molecule has 2 rings (SSSR count). The molecule has 2 heteroatoms. The minimum atomic E-state index is 0.653. The molecule has 1 saturated carbocycles. The summed E-state index contributed by atoms with van der Waals surface area (Å²) in [6.07, 6.45) is 2.52. The van der Waals surface area contributed by atoms with Crippen LogP contribution in [0.4, 0.5) is 0 Å². The zero-order chi connectivity index (χ0) is 10.1. The third kappa shape index (κ3) is 1.57. The summed E-state index contributed by atoms with van der Waals surface area (Å²) in [6.45, 7) is 2.06. The Bertz CT molecular complexity index is 315. The maximum absolute atomic E-state index is 5.39. The Hall–Kier alpha value is -1.18. The Morgan fingerprint density at radius 1 is 1.07 bits per heavy atom. The van der Waals surface area contributed by atoms with Crippen LogP contribution in [0.5, 0.6) is 11.5 Å². The van der Waals surface area contributed by atoms with Gasteiger partial charge < -0.3 is 9.47 Å². The number of benzene rings is 1. The quantitative estimate of drug-likeness (QED) is 0.733. The Kier molecular flexibility index (Phi) is 2.36. The number of methoxy groups -OCH3 is 2. The van der Waals surface area contributed by atoms with E-state index in [-0.39, 0.29) is 0 Å². The molecule has 76 valence electrons. The Morgan fingerprint density at radius 2 is 1.57 bits per heavy atom. The third-order valence-corrected chi connectivity index (χ3v) is 2.67. The van der Waals surface area contributed by atoms with E-state index in [1.165, 1.54) is 24.0 Å². The molecule has 14 heavy (non-hydrogen) atoms. The predicted molar refractivity (Wildman–Crippen MR) is 56.3 cm³/mol. The molecule has 0 spiro atoms. The molecule has 0 bridgehead atoms. The van der Waals surface area contributed by atoms with E-state index in [4.69, 9.17) is 9.47 Å². The summed E-state index contributed by atoms with van der Waals surface area (Å²) < 4.78 is 10.8. The zero-order valence-corrected chi connectivity index (χ0v) is 8.96. The van der Waals surface area contributed by atoms with Gasteiger partial charge in [-0.15, -0.1) is 0 Å². The van der Waals surface area contributed by atoms with Crippen molar-refractivity contribution in [3.8, 4) is 11.5 Å². The fourth-order valence-electron chi connectivity index (χ4n) is 1.84. The molecule has 1 aromatic rings. The Labute approximate surface area is 84.8 Å². The maximum Gasteiger partial charge on any atom is 0.126 e. The van der Waals surface area contributed by atoms with Gasteiger partial charge in [-0.3, -0.25) is 0 Å². The molecular formula is C12H16O2. The number of rotatable bonds is 3. The molecule has 1 fully saturated rings. The molecule has 1 aromatic carbocycles. The average Bonchev–Trinajstić information content (AvgIpc) is 2.99. The highest BCUT2D eigenvalue weighted by atomic mass is 16.5. The molecule has 0 N–H and O–H groups in total. The van der Waals surface area contributed by atoms with Crippen molar-refractivity contribution in [2.45, 2.75) is 25.7 Å². The van der Waals surface area contributed by atoms with Crippen molar-refractivity contribution in [3.63, 3.8) is 0 Å². The molecule has 1 aliphatic rings. The van der Waals surface area contributed by atoms with Crippen LogP contribution < -0.4 is 9.47 Å². The highest BCUT2D eigenvalue weighted by Crippen LogP contribution is 2.48. The SMILES string of the molecule is COc1cc(C)cc(OC)c1C1CC1. The summed E-state index contributed by atoms with van der Waals surface area (Å²) in [5.41, 5.74) is 2.43. The summed E-state index contributed by atoms with van der Waals surface area (Å²) in [5, 5.41) is 0. The van der Waals surface area contributed by atoms with Gasteiger partial charge in [-0.2, -0.15) is 0 Å². The fourth-order valence-corrected chi connectivity index (χ4v) is 1.84. The summed E-state index contributed by atoms with van der Waals surface area (Å²) in [4.78, 5) is 0. The van der Waals surface area contributed by atoms with Gasteiger partial charge in [0.05, 0.1) is 14.2 Å². The Morgan fingerprint density at radius 3 is 1.93 bits per heavy atom. The van der Waals surface area contributed by atoms with Gasteiger partial charge in [0.2, 0.25) is 0 Å². The molecule has 0 aliphatic heterocycles. The first kappa shape index (κ1) is 9.38. The lowest BCUT2D eigenvalue weighted by atomic mass is 10.1. The number of hydrogen-bond donors (Lipinski definition) is 0. The van der Waals surface area contributed by atoms with Crippen molar-refractivity contribution in [1.29, 1.82) is 0 Å². The lowest BCUT2D eigenvalue weighted by Gasteiger charge is -2.13. The fraction of sp³-hybridized carbons (Fsp3) is 0.500. The predicted octanol–water partition coefficient (Wildman–Crippen LogP) is 2.89. The number of hydrogen-bond acceptors (Lipinski definition) is 2. The first-order valence-electron chi connectivity index (χ1n) is 4.98. The van der Waals surface area contributed by atoms with E-state index >= 15 is 0 Å². The molecular weight excluding hydrogens is 176 g/mol. The van der Waals surface area contributed by atoms with Gasteiger partial charge in [-0.1, -0.05) is 0 Å². The summed E-state index contributed by atoms with van der Waals surface area (Å²) in [6, 6.07) is 4.16. The molecule has 0 atom stereocenters. The van der Waals surface area contributed by atoms with Gasteiger partial charge in [0.15, 0.2) is 0 Å². The van der Waals surface area contributed by atoms with E-state index in [2.05, 4.69) is 19.1 Å². The largest absolute Gasteiger partial charge is 0.496 e. The van der Waals surface area contributed by atoms with Gasteiger partial charge >= 0.3 is 0 Å². The second-order valence-electron chi connectivity index (χ2n) is 3.86. The standard InChI is InChI=1S/C12H16O2/c1-8-6-10(13-2)12(9-4-5-9)11(7-8)14-3/h6-7,9H,4-5H2,1-3H3. The lowest BCUT2D eigenvalue weighted by Crippen LogP contribution is -1.96. The molecule has 0 aromatic heterocycles. The van der Waals surface area contributed by atoms with Crippen LogP contribution in [0.25, 0.3) is 0 Å². The number of aryl methyl sites for hydroxylation is 1. The molecule has 0 saturated heterocycles. The molecule has 0 unspecified atom stereocenters. The smallest absolute Gasteiger partial charge is 0.126 e. The Balaban J connectivity index is 2.50. The van der Waals surface area contributed by atoms with Gasteiger partial charge in [0, 0.05) is 5.56 Å². The average molecular weight is 192 g/mol. The minimum Gasteiger partial charge on any atom is -0.496 e. The maximum atomic E-state index is 5.39. The van der Waals surface area contributed by atoms with E-state index in [1.54, 1.807) is 14.2 Å². The second-order valence-corrected chi connectivity index (χ2v) is 3.86. The van der Waals surface area contributed by atoms with Crippen LogP contribution in [0, 0.1) is 6.92 Å². The molecule has 2 nitrogen and oxygen atoms in total. The summed E-state index contributed by atoms with van der Waals surface area (Å²) in [7, 11) is 3.44. The molecule has 1 aliphatic carbocycles. The van der Waals surface area contributed by atoms with Crippen molar-refractivity contribution in [2.75, 3.05) is 14.2 Å². The zero-order valence-electron chi connectivity index (χ0n) is 8.96. The third-order valence-electron chi connectivity index (χ3n) is 2.67. The van der Waals surface area contributed by atoms with E-state index < -0.39 is 0 Å². The lowest BCUT2D eigenvalue weighted by molar-refractivity contribution is 0.385. The van der Waals surface area contributed by atoms with Crippen molar-refractivity contribution < 1.29 is 9.47 Å². The molecule has 0 heterocycles. The van der Waals surface area contributed by atoms with E-state index in [1.807, 2.05) is 0 Å². The van der Waals surface area contributed by atoms with E-state index in [0.717, 1.165) is 11.5 Å². The highest BCUT2D eigenvalue weighted by Gasteiger charge is 2.30. The molecule has 0 amide bonds. The van der Waals surface area contributed by atoms with Gasteiger partial charge in [0.1, 0.15) is 11.5 Å². The van der Waals surface area contributed by atoms with Crippen LogP contribution in [-0.4, -0.2) is 14.2 Å². The summed E-state index contributed by atoms with van der Waals surface area (Å²) >= 11 is 0. The summed E-state index contributed by atoms with van der Waals surface area (Å²) in [5.74, 6) is 2.61. The highest BCUT2D eigenvalue weighted by molar-refractivity contribution is 5.51. The van der Waals surface area contributed by atoms with Crippen LogP contribution in [0.1, 0.15) is 29.9 Å². The van der Waals surface area contributed by atoms with Crippen molar-refractivity contribution in [2.24, 2.45) is 0 Å². The van der Waals surface area contributed by atoms with Crippen LogP contribution in [-0.2, 0) is 0 Å². The van der Waals surface area contributed by atoms with Crippen molar-refractivity contribution >= 4 is 0 Å². The van der Waals surface area contributed by atoms with Crippen molar-refractivity contribution in [3.05, 3.63) is 23.3 Å². The molecule has 0 radical (unpaired) electrons. The van der Waals surface area contributed by atoms with Gasteiger partial charge in [-0.05, 0) is 43.4 Å². The minimum absolute atomic E-state index is 0.653. The number of ether oxygens (including phenoxy) is 2. The monoisotopic (exact) mass is 192 g/mol.